The summed E-state index contributed by atoms with van der Waals surface area (Å²) in [7, 11) is 0. The lowest BCUT2D eigenvalue weighted by Crippen LogP contribution is -2.13. The molecule has 1 atom stereocenters. The van der Waals surface area contributed by atoms with Gasteiger partial charge in [-0.15, -0.1) is 11.3 Å². The first-order valence-electron chi connectivity index (χ1n) is 6.68. The molecule has 1 saturated carbocycles. The van der Waals surface area contributed by atoms with Crippen molar-refractivity contribution < 1.29 is 0 Å². The first-order chi connectivity index (χ1) is 8.16. The minimum atomic E-state index is 0.227. The van der Waals surface area contributed by atoms with Crippen molar-refractivity contribution in [1.29, 1.82) is 0 Å². The van der Waals surface area contributed by atoms with Gasteiger partial charge in [-0.3, -0.25) is 0 Å². The third-order valence-electron chi connectivity index (χ3n) is 3.78. The van der Waals surface area contributed by atoms with Crippen molar-refractivity contribution in [1.82, 2.24) is 0 Å². The zero-order valence-corrected chi connectivity index (χ0v) is 12.9. The maximum absolute atomic E-state index is 6.31. The molecule has 2 N–H and O–H groups in total. The van der Waals surface area contributed by atoms with Gasteiger partial charge in [0.1, 0.15) is 0 Å². The van der Waals surface area contributed by atoms with Crippen molar-refractivity contribution >= 4 is 27.3 Å². The molecule has 0 saturated heterocycles. The molecule has 1 heterocycles. The van der Waals surface area contributed by atoms with Crippen LogP contribution in [-0.4, -0.2) is 0 Å². The van der Waals surface area contributed by atoms with Crippen molar-refractivity contribution in [3.63, 3.8) is 0 Å². The minimum absolute atomic E-state index is 0.227. The topological polar surface area (TPSA) is 26.0 Å². The van der Waals surface area contributed by atoms with E-state index in [0.29, 0.717) is 0 Å². The molecule has 1 fully saturated rings. The summed E-state index contributed by atoms with van der Waals surface area (Å²) < 4.78 is 1.20. The first-order valence-corrected chi connectivity index (χ1v) is 8.29. The van der Waals surface area contributed by atoms with Crippen LogP contribution in [0.1, 0.15) is 60.7 Å². The molecule has 1 aliphatic carbocycles. The lowest BCUT2D eigenvalue weighted by atomic mass is 9.85. The minimum Gasteiger partial charge on any atom is -0.323 e. The molecule has 0 aliphatic heterocycles. The zero-order chi connectivity index (χ0) is 12.3. The average Bonchev–Trinajstić information content (AvgIpc) is 2.67. The molecule has 1 unspecified atom stereocenters. The highest BCUT2D eigenvalue weighted by Gasteiger charge is 2.17. The van der Waals surface area contributed by atoms with E-state index in [4.69, 9.17) is 5.73 Å². The smallest absolute Gasteiger partial charge is 0.0401 e. The van der Waals surface area contributed by atoms with Crippen LogP contribution in [0.25, 0.3) is 0 Å². The monoisotopic (exact) mass is 315 g/mol. The zero-order valence-electron chi connectivity index (χ0n) is 10.5. The second-order valence-electron chi connectivity index (χ2n) is 5.26. The number of hydrogen-bond donors (Lipinski definition) is 1. The van der Waals surface area contributed by atoms with Crippen LogP contribution >= 0.6 is 27.3 Å². The van der Waals surface area contributed by atoms with Crippen LogP contribution in [0.2, 0.25) is 0 Å². The molecule has 2 rings (SSSR count). The van der Waals surface area contributed by atoms with Gasteiger partial charge in [-0.1, -0.05) is 32.1 Å². The Labute approximate surface area is 117 Å². The van der Waals surface area contributed by atoms with E-state index in [2.05, 4.69) is 28.9 Å². The maximum atomic E-state index is 6.31. The largest absolute Gasteiger partial charge is 0.323 e. The van der Waals surface area contributed by atoms with Gasteiger partial charge in [-0.2, -0.15) is 0 Å². The highest BCUT2D eigenvalue weighted by atomic mass is 79.9. The van der Waals surface area contributed by atoms with Gasteiger partial charge in [0.25, 0.3) is 0 Å². The van der Waals surface area contributed by atoms with Crippen LogP contribution in [0.5, 0.6) is 0 Å². The summed E-state index contributed by atoms with van der Waals surface area (Å²) in [4.78, 5) is 2.68. The summed E-state index contributed by atoms with van der Waals surface area (Å²) in [6, 6.07) is 2.41. The number of nitrogens with two attached hydrogens (primary N) is 1. The Kier molecular flexibility index (Phi) is 5.07. The van der Waals surface area contributed by atoms with Gasteiger partial charge in [0.2, 0.25) is 0 Å². The van der Waals surface area contributed by atoms with Gasteiger partial charge >= 0.3 is 0 Å². The molecule has 1 aromatic rings. The van der Waals surface area contributed by atoms with Gasteiger partial charge in [-0.05, 0) is 47.7 Å². The third-order valence-corrected chi connectivity index (χ3v) is 5.88. The van der Waals surface area contributed by atoms with E-state index in [1.54, 1.807) is 0 Å². The Bertz CT molecular complexity index is 355. The van der Waals surface area contributed by atoms with Crippen LogP contribution in [-0.2, 0) is 0 Å². The summed E-state index contributed by atoms with van der Waals surface area (Å²) in [5, 5.41) is 0. The number of aryl methyl sites for hydroxylation is 1. The first kappa shape index (κ1) is 13.6. The highest BCUT2D eigenvalue weighted by molar-refractivity contribution is 9.10. The lowest BCUT2D eigenvalue weighted by Gasteiger charge is -2.22. The third kappa shape index (κ3) is 3.80. The molecule has 0 aromatic carbocycles. The Morgan fingerprint density at radius 2 is 2.12 bits per heavy atom. The number of rotatable bonds is 4. The van der Waals surface area contributed by atoms with Gasteiger partial charge in [0.15, 0.2) is 0 Å². The van der Waals surface area contributed by atoms with E-state index in [1.165, 1.54) is 52.8 Å². The SMILES string of the molecule is Cc1cc(Br)c(C(N)CCC2CCCCC2)s1. The fraction of sp³-hybridized carbons (Fsp3) is 0.714. The van der Waals surface area contributed by atoms with E-state index in [1.807, 2.05) is 11.3 Å². The molecule has 0 bridgehead atoms. The van der Waals surface area contributed by atoms with Gasteiger partial charge < -0.3 is 5.73 Å². The normalized spacial score (nSPS) is 19.5. The van der Waals surface area contributed by atoms with Crippen molar-refractivity contribution in [2.45, 2.75) is 57.9 Å². The molecular formula is C14H22BrNS. The molecule has 3 heteroatoms. The highest BCUT2D eigenvalue weighted by Crippen LogP contribution is 2.35. The summed E-state index contributed by atoms with van der Waals surface area (Å²) >= 11 is 5.45. The molecular weight excluding hydrogens is 294 g/mol. The summed E-state index contributed by atoms with van der Waals surface area (Å²) in [6.07, 6.45) is 9.62. The Morgan fingerprint density at radius 1 is 1.41 bits per heavy atom. The van der Waals surface area contributed by atoms with Crippen LogP contribution in [0.3, 0.4) is 0 Å². The van der Waals surface area contributed by atoms with Crippen LogP contribution < -0.4 is 5.73 Å². The van der Waals surface area contributed by atoms with E-state index in [-0.39, 0.29) is 6.04 Å². The van der Waals surface area contributed by atoms with Crippen LogP contribution in [0.15, 0.2) is 10.5 Å². The molecule has 17 heavy (non-hydrogen) atoms. The summed E-state index contributed by atoms with van der Waals surface area (Å²) in [5.41, 5.74) is 6.31. The van der Waals surface area contributed by atoms with Crippen LogP contribution in [0, 0.1) is 12.8 Å². The van der Waals surface area contributed by atoms with Crippen LogP contribution in [0.4, 0.5) is 0 Å². The second kappa shape index (κ2) is 6.35. The Balaban J connectivity index is 1.84. The van der Waals surface area contributed by atoms with Crippen molar-refractivity contribution in [2.24, 2.45) is 11.7 Å². The van der Waals surface area contributed by atoms with Gasteiger partial charge in [-0.25, -0.2) is 0 Å². The van der Waals surface area contributed by atoms with Crippen molar-refractivity contribution in [3.8, 4) is 0 Å². The molecule has 0 spiro atoms. The molecule has 0 amide bonds. The summed E-state index contributed by atoms with van der Waals surface area (Å²) in [6.45, 7) is 2.15. The Morgan fingerprint density at radius 3 is 2.71 bits per heavy atom. The van der Waals surface area contributed by atoms with Crippen molar-refractivity contribution in [2.75, 3.05) is 0 Å². The van der Waals surface area contributed by atoms with E-state index >= 15 is 0 Å². The van der Waals surface area contributed by atoms with Gasteiger partial charge in [0, 0.05) is 20.3 Å². The average molecular weight is 316 g/mol. The van der Waals surface area contributed by atoms with Gasteiger partial charge in [0.05, 0.1) is 0 Å². The molecule has 1 aromatic heterocycles. The molecule has 96 valence electrons. The fourth-order valence-electron chi connectivity index (χ4n) is 2.78. The van der Waals surface area contributed by atoms with E-state index in [0.717, 1.165) is 12.3 Å². The fourth-order valence-corrected chi connectivity index (χ4v) is 4.76. The number of hydrogen-bond acceptors (Lipinski definition) is 2. The quantitative estimate of drug-likeness (QED) is 0.814. The number of thiophene rings is 1. The maximum Gasteiger partial charge on any atom is 0.0401 e. The summed E-state index contributed by atoms with van der Waals surface area (Å²) in [5.74, 6) is 0.939. The Hall–Kier alpha value is 0.140. The number of halogens is 1. The van der Waals surface area contributed by atoms with E-state index < -0.39 is 0 Å². The molecule has 1 nitrogen and oxygen atoms in total. The predicted octanol–water partition coefficient (Wildman–Crippen LogP) is 5.18. The second-order valence-corrected chi connectivity index (χ2v) is 7.40. The lowest BCUT2D eigenvalue weighted by molar-refractivity contribution is 0.324. The standard InChI is InChI=1S/C14H22BrNS/c1-10-9-12(15)14(17-10)13(16)8-7-11-5-3-2-4-6-11/h9,11,13H,2-8,16H2,1H3. The van der Waals surface area contributed by atoms with Crippen molar-refractivity contribution in [3.05, 3.63) is 20.3 Å². The molecule has 0 radical (unpaired) electrons. The van der Waals surface area contributed by atoms with E-state index in [9.17, 15) is 0 Å². The predicted molar refractivity (Wildman–Crippen MR) is 79.5 cm³/mol. The molecule has 1 aliphatic rings.